The number of ether oxygens (including phenoxy) is 2. The van der Waals surface area contributed by atoms with E-state index in [1.165, 1.54) is 0 Å². The van der Waals surface area contributed by atoms with E-state index in [0.717, 1.165) is 17.8 Å². The predicted octanol–water partition coefficient (Wildman–Crippen LogP) is 2.30. The van der Waals surface area contributed by atoms with E-state index in [9.17, 15) is 4.79 Å². The zero-order chi connectivity index (χ0) is 18.4. The van der Waals surface area contributed by atoms with Crippen LogP contribution in [0.3, 0.4) is 0 Å². The van der Waals surface area contributed by atoms with E-state index >= 15 is 0 Å². The summed E-state index contributed by atoms with van der Waals surface area (Å²) in [6.45, 7) is 5.86. The summed E-state index contributed by atoms with van der Waals surface area (Å²) in [6.07, 6.45) is 1.86. The van der Waals surface area contributed by atoms with E-state index in [2.05, 4.69) is 17.3 Å². The van der Waals surface area contributed by atoms with E-state index in [4.69, 9.17) is 9.47 Å². The van der Waals surface area contributed by atoms with E-state index in [-0.39, 0.29) is 12.5 Å². The van der Waals surface area contributed by atoms with Gasteiger partial charge in [-0.05, 0) is 33.0 Å². The van der Waals surface area contributed by atoms with Crippen molar-refractivity contribution in [3.63, 3.8) is 0 Å². The Balaban J connectivity index is 1.98. The summed E-state index contributed by atoms with van der Waals surface area (Å²) >= 11 is 0. The van der Waals surface area contributed by atoms with Crippen LogP contribution in [0.4, 0.5) is 5.69 Å². The number of carbonyl (C=O) groups excluding carboxylic acids is 1. The molecule has 0 radical (unpaired) electrons. The fraction of sp³-hybridized carbons (Fsp3) is 0.444. The number of rotatable bonds is 8. The summed E-state index contributed by atoms with van der Waals surface area (Å²) in [5.74, 6) is 1.14. The molecule has 25 heavy (non-hydrogen) atoms. The van der Waals surface area contributed by atoms with Crippen molar-refractivity contribution in [2.24, 2.45) is 0 Å². The first kappa shape index (κ1) is 18.8. The number of benzene rings is 1. The fourth-order valence-electron chi connectivity index (χ4n) is 2.65. The number of hydrogen-bond acceptors (Lipinski definition) is 5. The van der Waals surface area contributed by atoms with Gasteiger partial charge in [0.2, 0.25) is 5.91 Å². The van der Waals surface area contributed by atoms with Gasteiger partial charge in [0.1, 0.15) is 11.5 Å². The van der Waals surface area contributed by atoms with Crippen molar-refractivity contribution in [2.75, 3.05) is 33.1 Å². The average molecular weight is 346 g/mol. The van der Waals surface area contributed by atoms with Crippen LogP contribution in [0.15, 0.2) is 24.4 Å². The normalized spacial score (nSPS) is 10.8. The Morgan fingerprint density at radius 2 is 2.08 bits per heavy atom. The van der Waals surface area contributed by atoms with Crippen molar-refractivity contribution < 1.29 is 14.3 Å². The highest BCUT2D eigenvalue weighted by Crippen LogP contribution is 2.28. The van der Waals surface area contributed by atoms with E-state index in [0.29, 0.717) is 23.7 Å². The van der Waals surface area contributed by atoms with Gasteiger partial charge in [-0.15, -0.1) is 0 Å². The van der Waals surface area contributed by atoms with Gasteiger partial charge in [0.15, 0.2) is 0 Å². The standard InChI is InChI=1S/C18H26N4O3/c1-6-22-13(2)14(10-19-22)11-21(3)12-18(23)20-16-9-15(24-4)7-8-17(16)25-5/h7-10H,6,11-12H2,1-5H3,(H,20,23). The summed E-state index contributed by atoms with van der Waals surface area (Å²) < 4.78 is 12.4. The summed E-state index contributed by atoms with van der Waals surface area (Å²) in [6, 6.07) is 5.29. The molecule has 1 aromatic heterocycles. The number of likely N-dealkylation sites (N-methyl/N-ethyl adjacent to an activating group) is 1. The first-order valence-electron chi connectivity index (χ1n) is 8.20. The number of anilines is 1. The third kappa shape index (κ3) is 4.73. The number of nitrogens with zero attached hydrogens (tertiary/aromatic N) is 3. The highest BCUT2D eigenvalue weighted by atomic mass is 16.5. The molecular formula is C18H26N4O3. The van der Waals surface area contributed by atoms with Gasteiger partial charge in [-0.25, -0.2) is 0 Å². The molecule has 1 N–H and O–H groups in total. The lowest BCUT2D eigenvalue weighted by Crippen LogP contribution is -2.30. The largest absolute Gasteiger partial charge is 0.497 e. The van der Waals surface area contributed by atoms with Crippen molar-refractivity contribution in [3.8, 4) is 11.5 Å². The maximum absolute atomic E-state index is 12.4. The van der Waals surface area contributed by atoms with Crippen molar-refractivity contribution in [2.45, 2.75) is 26.9 Å². The molecule has 0 unspecified atom stereocenters. The number of carbonyl (C=O) groups is 1. The van der Waals surface area contributed by atoms with Crippen LogP contribution in [0.5, 0.6) is 11.5 Å². The monoisotopic (exact) mass is 346 g/mol. The Hall–Kier alpha value is -2.54. The summed E-state index contributed by atoms with van der Waals surface area (Å²) in [5, 5.41) is 7.21. The lowest BCUT2D eigenvalue weighted by molar-refractivity contribution is -0.117. The molecule has 1 aromatic carbocycles. The third-order valence-corrected chi connectivity index (χ3v) is 4.04. The number of methoxy groups -OCH3 is 2. The van der Waals surface area contributed by atoms with Crippen LogP contribution in [0, 0.1) is 6.92 Å². The third-order valence-electron chi connectivity index (χ3n) is 4.04. The second-order valence-corrected chi connectivity index (χ2v) is 5.86. The Morgan fingerprint density at radius 1 is 1.32 bits per heavy atom. The van der Waals surface area contributed by atoms with Crippen molar-refractivity contribution in [1.29, 1.82) is 0 Å². The molecule has 2 rings (SSSR count). The number of hydrogen-bond donors (Lipinski definition) is 1. The zero-order valence-corrected chi connectivity index (χ0v) is 15.5. The molecule has 0 fully saturated rings. The highest BCUT2D eigenvalue weighted by molar-refractivity contribution is 5.93. The number of aromatic nitrogens is 2. The van der Waals surface area contributed by atoms with Gasteiger partial charge in [-0.2, -0.15) is 5.10 Å². The molecule has 0 aliphatic heterocycles. The minimum absolute atomic E-state index is 0.116. The smallest absolute Gasteiger partial charge is 0.238 e. The second-order valence-electron chi connectivity index (χ2n) is 5.86. The molecule has 0 spiro atoms. The minimum Gasteiger partial charge on any atom is -0.497 e. The van der Waals surface area contributed by atoms with Crippen LogP contribution in [-0.4, -0.2) is 48.4 Å². The zero-order valence-electron chi connectivity index (χ0n) is 15.5. The molecule has 0 aliphatic carbocycles. The summed E-state index contributed by atoms with van der Waals surface area (Å²) in [4.78, 5) is 14.3. The summed E-state index contributed by atoms with van der Waals surface area (Å²) in [7, 11) is 5.06. The Kier molecular flexibility index (Phi) is 6.41. The Morgan fingerprint density at radius 3 is 2.68 bits per heavy atom. The van der Waals surface area contributed by atoms with Crippen LogP contribution in [0.25, 0.3) is 0 Å². The molecule has 0 saturated carbocycles. The van der Waals surface area contributed by atoms with Gasteiger partial charge in [0, 0.05) is 30.4 Å². The van der Waals surface area contributed by atoms with Crippen LogP contribution in [0.1, 0.15) is 18.2 Å². The molecular weight excluding hydrogens is 320 g/mol. The van der Waals surface area contributed by atoms with Crippen LogP contribution in [-0.2, 0) is 17.9 Å². The van der Waals surface area contributed by atoms with Crippen LogP contribution < -0.4 is 14.8 Å². The maximum atomic E-state index is 12.4. The highest BCUT2D eigenvalue weighted by Gasteiger charge is 2.13. The molecule has 2 aromatic rings. The first-order valence-corrected chi connectivity index (χ1v) is 8.20. The second kappa shape index (κ2) is 8.53. The van der Waals surface area contributed by atoms with Gasteiger partial charge in [-0.1, -0.05) is 0 Å². The first-order chi connectivity index (χ1) is 12.0. The molecule has 7 nitrogen and oxygen atoms in total. The number of aryl methyl sites for hydroxylation is 1. The van der Waals surface area contributed by atoms with E-state index in [1.807, 2.05) is 29.7 Å². The number of amides is 1. The maximum Gasteiger partial charge on any atom is 0.238 e. The molecule has 0 atom stereocenters. The molecule has 1 amide bonds. The van der Waals surface area contributed by atoms with E-state index in [1.54, 1.807) is 32.4 Å². The lowest BCUT2D eigenvalue weighted by atomic mass is 10.2. The molecule has 0 aliphatic rings. The minimum atomic E-state index is -0.116. The SMILES string of the molecule is CCn1ncc(CN(C)CC(=O)Nc2cc(OC)ccc2OC)c1C. The molecule has 7 heteroatoms. The van der Waals surface area contributed by atoms with Gasteiger partial charge in [-0.3, -0.25) is 14.4 Å². The average Bonchev–Trinajstić information content (AvgIpc) is 2.94. The number of nitrogens with one attached hydrogen (secondary N) is 1. The fourth-order valence-corrected chi connectivity index (χ4v) is 2.65. The van der Waals surface area contributed by atoms with Gasteiger partial charge < -0.3 is 14.8 Å². The van der Waals surface area contributed by atoms with Gasteiger partial charge >= 0.3 is 0 Å². The van der Waals surface area contributed by atoms with Crippen LogP contribution in [0.2, 0.25) is 0 Å². The predicted molar refractivity (Wildman–Crippen MR) is 97.1 cm³/mol. The van der Waals surface area contributed by atoms with Crippen molar-refractivity contribution in [1.82, 2.24) is 14.7 Å². The van der Waals surface area contributed by atoms with Gasteiger partial charge in [0.05, 0.1) is 32.6 Å². The molecule has 0 bridgehead atoms. The molecule has 0 saturated heterocycles. The molecule has 136 valence electrons. The lowest BCUT2D eigenvalue weighted by Gasteiger charge is -2.17. The quantitative estimate of drug-likeness (QED) is 0.794. The summed E-state index contributed by atoms with van der Waals surface area (Å²) in [5.41, 5.74) is 2.84. The Bertz CT molecular complexity index is 727. The Labute approximate surface area is 148 Å². The van der Waals surface area contributed by atoms with Crippen molar-refractivity contribution in [3.05, 3.63) is 35.7 Å². The topological polar surface area (TPSA) is 68.6 Å². The van der Waals surface area contributed by atoms with Crippen LogP contribution >= 0.6 is 0 Å². The van der Waals surface area contributed by atoms with E-state index < -0.39 is 0 Å². The van der Waals surface area contributed by atoms with Crippen molar-refractivity contribution >= 4 is 11.6 Å². The van der Waals surface area contributed by atoms with Gasteiger partial charge in [0.25, 0.3) is 0 Å². The molecule has 1 heterocycles.